The Hall–Kier alpha value is -2.28. The summed E-state index contributed by atoms with van der Waals surface area (Å²) in [6.45, 7) is 4.50. The Labute approximate surface area is 109 Å². The van der Waals surface area contributed by atoms with Crippen LogP contribution in [0, 0.1) is 10.1 Å². The molecule has 7 nitrogen and oxygen atoms in total. The summed E-state index contributed by atoms with van der Waals surface area (Å²) in [6, 6.07) is 6.42. The van der Waals surface area contributed by atoms with Crippen LogP contribution in [-0.2, 0) is 6.54 Å². The average Bonchev–Trinajstić information content (AvgIpc) is 2.85. The van der Waals surface area contributed by atoms with Crippen LogP contribution in [-0.4, -0.2) is 21.2 Å². The predicted octanol–water partition coefficient (Wildman–Crippen LogP) is 2.14. The van der Waals surface area contributed by atoms with Crippen molar-refractivity contribution in [3.63, 3.8) is 0 Å². The SMILES string of the molecule is CC(C)NCc1nnc(-c2cccc([N+](=O)[O-])c2)o1. The first-order chi connectivity index (χ1) is 9.06. The molecule has 2 rings (SSSR count). The fourth-order valence-electron chi connectivity index (χ4n) is 1.49. The largest absolute Gasteiger partial charge is 0.419 e. The van der Waals surface area contributed by atoms with Crippen LogP contribution in [0.1, 0.15) is 19.7 Å². The Morgan fingerprint density at radius 2 is 2.21 bits per heavy atom. The van der Waals surface area contributed by atoms with Gasteiger partial charge in [-0.05, 0) is 6.07 Å². The highest BCUT2D eigenvalue weighted by atomic mass is 16.6. The van der Waals surface area contributed by atoms with E-state index in [4.69, 9.17) is 4.42 Å². The van der Waals surface area contributed by atoms with E-state index in [1.54, 1.807) is 12.1 Å². The summed E-state index contributed by atoms with van der Waals surface area (Å²) in [5.74, 6) is 0.736. The van der Waals surface area contributed by atoms with Gasteiger partial charge in [-0.15, -0.1) is 10.2 Å². The Morgan fingerprint density at radius 3 is 2.89 bits per heavy atom. The number of nitro groups is 1. The third-order valence-electron chi connectivity index (χ3n) is 2.43. The normalized spacial score (nSPS) is 10.9. The Morgan fingerprint density at radius 1 is 1.42 bits per heavy atom. The van der Waals surface area contributed by atoms with Crippen molar-refractivity contribution in [1.82, 2.24) is 15.5 Å². The van der Waals surface area contributed by atoms with Crippen LogP contribution >= 0.6 is 0 Å². The average molecular weight is 262 g/mol. The molecule has 0 aliphatic carbocycles. The van der Waals surface area contributed by atoms with Gasteiger partial charge in [0.15, 0.2) is 0 Å². The van der Waals surface area contributed by atoms with Gasteiger partial charge in [0.1, 0.15) is 0 Å². The van der Waals surface area contributed by atoms with Crippen molar-refractivity contribution in [1.29, 1.82) is 0 Å². The summed E-state index contributed by atoms with van der Waals surface area (Å²) in [6.07, 6.45) is 0. The number of hydrogen-bond donors (Lipinski definition) is 1. The van der Waals surface area contributed by atoms with Gasteiger partial charge in [0.05, 0.1) is 11.5 Å². The molecule has 19 heavy (non-hydrogen) atoms. The van der Waals surface area contributed by atoms with Crippen LogP contribution < -0.4 is 5.32 Å². The highest BCUT2D eigenvalue weighted by Crippen LogP contribution is 2.22. The van der Waals surface area contributed by atoms with E-state index in [0.717, 1.165) is 0 Å². The standard InChI is InChI=1S/C12H14N4O3/c1-8(2)13-7-11-14-15-12(19-11)9-4-3-5-10(6-9)16(17)18/h3-6,8,13H,7H2,1-2H3. The van der Waals surface area contributed by atoms with Gasteiger partial charge in [-0.25, -0.2) is 0 Å². The Bertz CT molecular complexity index is 580. The van der Waals surface area contributed by atoms with Gasteiger partial charge >= 0.3 is 0 Å². The molecular weight excluding hydrogens is 248 g/mol. The molecule has 1 aromatic carbocycles. The van der Waals surface area contributed by atoms with Gasteiger partial charge in [0, 0.05) is 23.7 Å². The van der Waals surface area contributed by atoms with Crippen molar-refractivity contribution in [2.45, 2.75) is 26.4 Å². The molecule has 0 saturated carbocycles. The molecule has 0 unspecified atom stereocenters. The number of nitro benzene ring substituents is 1. The Balaban J connectivity index is 2.18. The second-order valence-electron chi connectivity index (χ2n) is 4.34. The van der Waals surface area contributed by atoms with Crippen LogP contribution in [0.4, 0.5) is 5.69 Å². The summed E-state index contributed by atoms with van der Waals surface area (Å²) in [7, 11) is 0. The molecule has 0 spiro atoms. The van der Waals surface area contributed by atoms with E-state index in [9.17, 15) is 10.1 Å². The van der Waals surface area contributed by atoms with Crippen LogP contribution in [0.25, 0.3) is 11.5 Å². The molecule has 1 aromatic heterocycles. The van der Waals surface area contributed by atoms with Gasteiger partial charge < -0.3 is 9.73 Å². The maximum atomic E-state index is 10.7. The second kappa shape index (κ2) is 5.57. The highest BCUT2D eigenvalue weighted by molar-refractivity contribution is 5.57. The zero-order valence-electron chi connectivity index (χ0n) is 10.7. The molecule has 0 bridgehead atoms. The molecule has 7 heteroatoms. The van der Waals surface area contributed by atoms with Crippen molar-refractivity contribution in [2.75, 3.05) is 0 Å². The molecule has 0 amide bonds. The number of rotatable bonds is 5. The van der Waals surface area contributed by atoms with Crippen LogP contribution in [0.3, 0.4) is 0 Å². The molecule has 1 heterocycles. The van der Waals surface area contributed by atoms with Crippen LogP contribution in [0.5, 0.6) is 0 Å². The van der Waals surface area contributed by atoms with E-state index < -0.39 is 4.92 Å². The van der Waals surface area contributed by atoms with Gasteiger partial charge in [-0.2, -0.15) is 0 Å². The molecule has 0 saturated heterocycles. The number of aromatic nitrogens is 2. The number of hydrogen-bond acceptors (Lipinski definition) is 6. The van der Waals surface area contributed by atoms with E-state index in [-0.39, 0.29) is 11.6 Å². The van der Waals surface area contributed by atoms with Gasteiger partial charge in [-0.3, -0.25) is 10.1 Å². The van der Waals surface area contributed by atoms with Gasteiger partial charge in [0.2, 0.25) is 11.8 Å². The molecular formula is C12H14N4O3. The molecule has 100 valence electrons. The van der Waals surface area contributed by atoms with E-state index in [1.807, 2.05) is 13.8 Å². The number of nitrogens with zero attached hydrogens (tertiary/aromatic N) is 3. The summed E-state index contributed by atoms with van der Waals surface area (Å²) in [5, 5.41) is 21.6. The van der Waals surface area contributed by atoms with Crippen molar-refractivity contribution in [3.05, 3.63) is 40.3 Å². The molecule has 2 aromatic rings. The lowest BCUT2D eigenvalue weighted by molar-refractivity contribution is -0.384. The first-order valence-electron chi connectivity index (χ1n) is 5.87. The van der Waals surface area contributed by atoms with Crippen molar-refractivity contribution >= 4 is 5.69 Å². The molecule has 0 radical (unpaired) electrons. The second-order valence-corrected chi connectivity index (χ2v) is 4.34. The first-order valence-corrected chi connectivity index (χ1v) is 5.87. The topological polar surface area (TPSA) is 94.1 Å². The number of nitrogens with one attached hydrogen (secondary N) is 1. The van der Waals surface area contributed by atoms with Gasteiger partial charge in [0.25, 0.3) is 5.69 Å². The smallest absolute Gasteiger partial charge is 0.270 e. The van der Waals surface area contributed by atoms with Crippen LogP contribution in [0.15, 0.2) is 28.7 Å². The molecule has 0 aliphatic rings. The minimum Gasteiger partial charge on any atom is -0.419 e. The van der Waals surface area contributed by atoms with Crippen molar-refractivity contribution in [2.24, 2.45) is 0 Å². The lowest BCUT2D eigenvalue weighted by Gasteiger charge is -2.03. The van der Waals surface area contributed by atoms with Gasteiger partial charge in [-0.1, -0.05) is 19.9 Å². The maximum absolute atomic E-state index is 10.7. The molecule has 0 fully saturated rings. The summed E-state index contributed by atoms with van der Waals surface area (Å²) < 4.78 is 5.45. The maximum Gasteiger partial charge on any atom is 0.270 e. The third kappa shape index (κ3) is 3.35. The summed E-state index contributed by atoms with van der Waals surface area (Å²) in [4.78, 5) is 10.2. The van der Waals surface area contributed by atoms with E-state index >= 15 is 0 Å². The molecule has 1 N–H and O–H groups in total. The Kier molecular flexibility index (Phi) is 3.86. The lowest BCUT2D eigenvalue weighted by Crippen LogP contribution is -2.21. The quantitative estimate of drug-likeness (QED) is 0.655. The van der Waals surface area contributed by atoms with E-state index in [0.29, 0.717) is 24.0 Å². The molecule has 0 aliphatic heterocycles. The predicted molar refractivity (Wildman–Crippen MR) is 68.4 cm³/mol. The monoisotopic (exact) mass is 262 g/mol. The van der Waals surface area contributed by atoms with Crippen molar-refractivity contribution < 1.29 is 9.34 Å². The minimum absolute atomic E-state index is 0.00226. The number of benzene rings is 1. The fourth-order valence-corrected chi connectivity index (χ4v) is 1.49. The first kappa shape index (κ1) is 13.2. The minimum atomic E-state index is -0.457. The number of non-ortho nitro benzene ring substituents is 1. The van der Waals surface area contributed by atoms with Crippen molar-refractivity contribution in [3.8, 4) is 11.5 Å². The summed E-state index contributed by atoms with van der Waals surface area (Å²) >= 11 is 0. The third-order valence-corrected chi connectivity index (χ3v) is 2.43. The highest BCUT2D eigenvalue weighted by Gasteiger charge is 2.12. The fraction of sp³-hybridized carbons (Fsp3) is 0.333. The van der Waals surface area contributed by atoms with E-state index in [2.05, 4.69) is 15.5 Å². The lowest BCUT2D eigenvalue weighted by atomic mass is 10.2. The summed E-state index contributed by atoms with van der Waals surface area (Å²) in [5.41, 5.74) is 0.537. The van der Waals surface area contributed by atoms with Crippen LogP contribution in [0.2, 0.25) is 0 Å². The van der Waals surface area contributed by atoms with E-state index in [1.165, 1.54) is 12.1 Å². The zero-order valence-corrected chi connectivity index (χ0v) is 10.7. The zero-order chi connectivity index (χ0) is 13.8. The molecule has 0 atom stereocenters.